The Morgan fingerprint density at radius 1 is 1.69 bits per heavy atom. The highest BCUT2D eigenvalue weighted by Gasteiger charge is 2.34. The summed E-state index contributed by atoms with van der Waals surface area (Å²) in [6, 6.07) is 2.42. The molecule has 1 saturated carbocycles. The van der Waals surface area contributed by atoms with E-state index in [4.69, 9.17) is 5.53 Å². The van der Waals surface area contributed by atoms with Gasteiger partial charge in [-0.15, -0.1) is 0 Å². The monoisotopic (exact) mass is 221 g/mol. The molecule has 1 N–H and O–H groups in total. The summed E-state index contributed by atoms with van der Waals surface area (Å²) in [6.45, 7) is 3.45. The van der Waals surface area contributed by atoms with E-state index in [0.29, 0.717) is 12.5 Å². The third-order valence-corrected chi connectivity index (χ3v) is 3.17. The quantitative estimate of drug-likeness (QED) is 0.335. The Kier molecular flexibility index (Phi) is 5.10. The number of rotatable bonds is 5. The Morgan fingerprint density at radius 2 is 2.50 bits per heavy atom. The molecule has 0 aromatic rings. The molecule has 0 saturated heterocycles. The maximum absolute atomic E-state index is 9.27. The zero-order chi connectivity index (χ0) is 11.9. The summed E-state index contributed by atoms with van der Waals surface area (Å²) < 4.78 is 0. The van der Waals surface area contributed by atoms with E-state index in [2.05, 4.69) is 28.3 Å². The van der Waals surface area contributed by atoms with Gasteiger partial charge in [-0.05, 0) is 37.3 Å². The van der Waals surface area contributed by atoms with Crippen molar-refractivity contribution in [1.29, 1.82) is 5.26 Å². The van der Waals surface area contributed by atoms with Crippen LogP contribution in [0.2, 0.25) is 0 Å². The lowest BCUT2D eigenvalue weighted by Gasteiger charge is -2.35. The Bertz CT molecular complexity index is 302. The lowest BCUT2D eigenvalue weighted by molar-refractivity contribution is 0.241. The van der Waals surface area contributed by atoms with Gasteiger partial charge in [-0.3, -0.25) is 5.32 Å². The third kappa shape index (κ3) is 3.73. The van der Waals surface area contributed by atoms with E-state index in [9.17, 15) is 5.26 Å². The van der Waals surface area contributed by atoms with Gasteiger partial charge in [0.05, 0.1) is 6.07 Å². The van der Waals surface area contributed by atoms with Crippen molar-refractivity contribution in [2.45, 2.75) is 44.6 Å². The Labute approximate surface area is 96.5 Å². The fraction of sp³-hybridized carbons (Fsp3) is 0.909. The minimum Gasteiger partial charge on any atom is -0.299 e. The van der Waals surface area contributed by atoms with Crippen molar-refractivity contribution in [1.82, 2.24) is 5.32 Å². The van der Waals surface area contributed by atoms with Gasteiger partial charge < -0.3 is 0 Å². The molecule has 2 unspecified atom stereocenters. The van der Waals surface area contributed by atoms with Crippen LogP contribution in [0.5, 0.6) is 0 Å². The van der Waals surface area contributed by atoms with E-state index >= 15 is 0 Å². The smallest absolute Gasteiger partial charge is 0.107 e. The number of nitrogens with one attached hydrogen (secondary N) is 1. The summed E-state index contributed by atoms with van der Waals surface area (Å²) in [5.74, 6) is 0.623. The molecule has 0 spiro atoms. The topological polar surface area (TPSA) is 84.6 Å². The van der Waals surface area contributed by atoms with Crippen molar-refractivity contribution < 1.29 is 0 Å². The van der Waals surface area contributed by atoms with Gasteiger partial charge in [0.1, 0.15) is 5.54 Å². The molecule has 16 heavy (non-hydrogen) atoms. The van der Waals surface area contributed by atoms with Gasteiger partial charge in [-0.25, -0.2) is 0 Å². The minimum atomic E-state index is -0.339. The normalized spacial score (nSPS) is 29.1. The zero-order valence-electron chi connectivity index (χ0n) is 9.82. The zero-order valence-corrected chi connectivity index (χ0v) is 9.82. The van der Waals surface area contributed by atoms with Gasteiger partial charge in [0.2, 0.25) is 0 Å². The molecule has 88 valence electrons. The van der Waals surface area contributed by atoms with Crippen molar-refractivity contribution in [3.63, 3.8) is 0 Å². The number of azide groups is 1. The van der Waals surface area contributed by atoms with E-state index in [1.54, 1.807) is 0 Å². The highest BCUT2D eigenvalue weighted by Crippen LogP contribution is 2.31. The summed E-state index contributed by atoms with van der Waals surface area (Å²) in [6.07, 6.45) is 5.02. The first-order valence-electron chi connectivity index (χ1n) is 5.89. The lowest BCUT2D eigenvalue weighted by Crippen LogP contribution is -2.47. The van der Waals surface area contributed by atoms with Crippen molar-refractivity contribution in [2.75, 3.05) is 13.1 Å². The van der Waals surface area contributed by atoms with Gasteiger partial charge in [0.25, 0.3) is 0 Å². The molecule has 0 amide bonds. The van der Waals surface area contributed by atoms with Crippen LogP contribution in [0.25, 0.3) is 10.4 Å². The van der Waals surface area contributed by atoms with Gasteiger partial charge >= 0.3 is 0 Å². The molecule has 0 heterocycles. The van der Waals surface area contributed by atoms with Crippen LogP contribution in [0.3, 0.4) is 0 Å². The van der Waals surface area contributed by atoms with Crippen LogP contribution < -0.4 is 5.32 Å². The maximum atomic E-state index is 9.27. The molecule has 0 aromatic heterocycles. The van der Waals surface area contributed by atoms with Crippen molar-refractivity contribution in [3.05, 3.63) is 10.4 Å². The summed E-state index contributed by atoms with van der Waals surface area (Å²) in [7, 11) is 0. The molecule has 5 heteroatoms. The predicted molar refractivity (Wildman–Crippen MR) is 62.6 cm³/mol. The fourth-order valence-corrected chi connectivity index (χ4v) is 2.38. The molecule has 5 nitrogen and oxygen atoms in total. The van der Waals surface area contributed by atoms with E-state index < -0.39 is 0 Å². The first kappa shape index (κ1) is 12.8. The average molecular weight is 221 g/mol. The molecule has 2 atom stereocenters. The first-order valence-corrected chi connectivity index (χ1v) is 5.89. The maximum Gasteiger partial charge on any atom is 0.107 e. The Hall–Kier alpha value is -1.24. The second-order valence-electron chi connectivity index (χ2n) is 4.63. The Balaban J connectivity index is 2.36. The number of nitrogens with zero attached hydrogens (tertiary/aromatic N) is 4. The third-order valence-electron chi connectivity index (χ3n) is 3.17. The minimum absolute atomic E-state index is 0.339. The van der Waals surface area contributed by atoms with Crippen molar-refractivity contribution in [2.24, 2.45) is 11.0 Å². The molecule has 1 aliphatic carbocycles. The van der Waals surface area contributed by atoms with Crippen LogP contribution in [0.1, 0.15) is 39.0 Å². The molecular weight excluding hydrogens is 202 g/mol. The number of hydrogen-bond acceptors (Lipinski definition) is 3. The molecular formula is C11H19N5. The largest absolute Gasteiger partial charge is 0.299 e. The SMILES string of the molecule is CC1CCCC(C#N)(NCCCN=[N+]=[N-])C1. The van der Waals surface area contributed by atoms with Crippen LogP contribution in [-0.2, 0) is 0 Å². The second kappa shape index (κ2) is 6.37. The summed E-state index contributed by atoms with van der Waals surface area (Å²) >= 11 is 0. The molecule has 0 radical (unpaired) electrons. The fourth-order valence-electron chi connectivity index (χ4n) is 2.38. The summed E-state index contributed by atoms with van der Waals surface area (Å²) in [4.78, 5) is 2.70. The number of hydrogen-bond donors (Lipinski definition) is 1. The summed E-state index contributed by atoms with van der Waals surface area (Å²) in [5.41, 5.74) is 7.79. The molecule has 0 aromatic carbocycles. The Morgan fingerprint density at radius 3 is 3.12 bits per heavy atom. The first-order chi connectivity index (χ1) is 7.72. The highest BCUT2D eigenvalue weighted by molar-refractivity contribution is 5.09. The van der Waals surface area contributed by atoms with Gasteiger partial charge in [0, 0.05) is 11.5 Å². The van der Waals surface area contributed by atoms with Crippen LogP contribution in [0.15, 0.2) is 5.11 Å². The lowest BCUT2D eigenvalue weighted by atomic mass is 9.77. The van der Waals surface area contributed by atoms with Crippen molar-refractivity contribution in [3.8, 4) is 6.07 Å². The van der Waals surface area contributed by atoms with Crippen molar-refractivity contribution >= 4 is 0 Å². The molecule has 0 bridgehead atoms. The second-order valence-corrected chi connectivity index (χ2v) is 4.63. The van der Waals surface area contributed by atoms with E-state index in [-0.39, 0.29) is 5.54 Å². The van der Waals surface area contributed by atoms with Gasteiger partial charge in [0.15, 0.2) is 0 Å². The van der Waals surface area contributed by atoms with E-state index in [1.807, 2.05) is 0 Å². The molecule has 1 aliphatic rings. The van der Waals surface area contributed by atoms with E-state index in [1.165, 1.54) is 6.42 Å². The molecule has 1 fully saturated rings. The van der Waals surface area contributed by atoms with Crippen LogP contribution in [0, 0.1) is 17.2 Å². The number of nitriles is 1. The van der Waals surface area contributed by atoms with E-state index in [0.717, 1.165) is 32.2 Å². The van der Waals surface area contributed by atoms with Gasteiger partial charge in [-0.2, -0.15) is 5.26 Å². The van der Waals surface area contributed by atoms with Crippen LogP contribution >= 0.6 is 0 Å². The summed E-state index contributed by atoms with van der Waals surface area (Å²) in [5, 5.41) is 16.1. The average Bonchev–Trinajstić information content (AvgIpc) is 2.29. The predicted octanol–water partition coefficient (Wildman–Crippen LogP) is 2.75. The standard InChI is InChI=1S/C11H19N5/c1-10-4-2-5-11(8-10,9-12)14-6-3-7-15-16-13/h10,14H,2-8H2,1H3. The van der Waals surface area contributed by atoms with Crippen LogP contribution in [0.4, 0.5) is 0 Å². The molecule has 0 aliphatic heterocycles. The molecule has 1 rings (SSSR count). The van der Waals surface area contributed by atoms with Gasteiger partial charge in [-0.1, -0.05) is 24.9 Å². The van der Waals surface area contributed by atoms with Crippen LogP contribution in [-0.4, -0.2) is 18.6 Å². The highest BCUT2D eigenvalue weighted by atomic mass is 15.1.